The largest absolute Gasteiger partial charge is 0.324 e. The summed E-state index contributed by atoms with van der Waals surface area (Å²) in [6, 6.07) is 5.30. The molecule has 1 amide bonds. The highest BCUT2D eigenvalue weighted by molar-refractivity contribution is 5.90. The summed E-state index contributed by atoms with van der Waals surface area (Å²) >= 11 is 0. The van der Waals surface area contributed by atoms with Gasteiger partial charge in [0.1, 0.15) is 17.9 Å². The third-order valence-electron chi connectivity index (χ3n) is 3.41. The minimum atomic E-state index is -0.493. The Labute approximate surface area is 129 Å². The molecule has 0 spiro atoms. The second-order valence-corrected chi connectivity index (χ2v) is 5.01. The normalized spacial score (nSPS) is 10.9. The van der Waals surface area contributed by atoms with Gasteiger partial charge in [0.2, 0.25) is 5.91 Å². The molecule has 2 heterocycles. The quantitative estimate of drug-likeness (QED) is 0.764. The molecule has 0 saturated carbocycles. The Kier molecular flexibility index (Phi) is 3.61. The molecule has 1 N–H and O–H groups in total. The first-order chi connectivity index (χ1) is 11.0. The highest BCUT2D eigenvalue weighted by Gasteiger charge is 2.15. The number of aryl methyl sites for hydroxylation is 2. The van der Waals surface area contributed by atoms with Gasteiger partial charge in [-0.05, 0) is 31.2 Å². The average molecular weight is 316 g/mol. The molecule has 0 aliphatic carbocycles. The van der Waals surface area contributed by atoms with E-state index in [9.17, 15) is 14.0 Å². The zero-order valence-corrected chi connectivity index (χ0v) is 12.4. The molecule has 3 aromatic rings. The minimum absolute atomic E-state index is 0.162. The van der Waals surface area contributed by atoms with Crippen LogP contribution < -0.4 is 10.9 Å². The van der Waals surface area contributed by atoms with Gasteiger partial charge in [-0.3, -0.25) is 14.3 Å². The fourth-order valence-corrected chi connectivity index (χ4v) is 2.10. The monoisotopic (exact) mass is 316 g/mol. The molecule has 0 bridgehead atoms. The molecule has 0 unspecified atom stereocenters. The summed E-state index contributed by atoms with van der Waals surface area (Å²) in [6.45, 7) is 1.46. The SMILES string of the molecule is Cc1c2nnn(CC(=O)Nc3ccc(F)cc3)c(=O)c2nn1C. The molecule has 0 fully saturated rings. The lowest BCUT2D eigenvalue weighted by atomic mass is 10.3. The molecule has 23 heavy (non-hydrogen) atoms. The van der Waals surface area contributed by atoms with Crippen molar-refractivity contribution >= 4 is 22.6 Å². The van der Waals surface area contributed by atoms with Crippen molar-refractivity contribution in [1.82, 2.24) is 24.8 Å². The summed E-state index contributed by atoms with van der Waals surface area (Å²) in [7, 11) is 1.70. The molecular formula is C14H13FN6O2. The first-order valence-electron chi connectivity index (χ1n) is 6.78. The third kappa shape index (κ3) is 2.80. The second kappa shape index (κ2) is 5.59. The van der Waals surface area contributed by atoms with Crippen molar-refractivity contribution in [3.8, 4) is 0 Å². The number of nitrogens with zero attached hydrogens (tertiary/aromatic N) is 5. The average Bonchev–Trinajstić information content (AvgIpc) is 2.81. The standard InChI is InChI=1S/C14H13FN6O2/c1-8-12-13(18-20(8)2)14(23)21(19-17-12)7-11(22)16-10-5-3-9(15)4-6-10/h3-6H,7H2,1-2H3,(H,16,22). The van der Waals surface area contributed by atoms with Gasteiger partial charge < -0.3 is 5.32 Å². The summed E-state index contributed by atoms with van der Waals surface area (Å²) in [4.78, 5) is 24.3. The van der Waals surface area contributed by atoms with E-state index in [1.165, 1.54) is 28.9 Å². The lowest BCUT2D eigenvalue weighted by Crippen LogP contribution is -2.30. The highest BCUT2D eigenvalue weighted by Crippen LogP contribution is 2.09. The number of rotatable bonds is 3. The van der Waals surface area contributed by atoms with Crippen molar-refractivity contribution in [1.29, 1.82) is 0 Å². The van der Waals surface area contributed by atoms with Crippen LogP contribution >= 0.6 is 0 Å². The number of aromatic nitrogens is 5. The first-order valence-corrected chi connectivity index (χ1v) is 6.78. The number of carbonyl (C=O) groups excluding carboxylic acids is 1. The first kappa shape index (κ1) is 14.8. The van der Waals surface area contributed by atoms with Gasteiger partial charge in [-0.2, -0.15) is 9.78 Å². The van der Waals surface area contributed by atoms with Crippen molar-refractivity contribution < 1.29 is 9.18 Å². The number of hydrogen-bond donors (Lipinski definition) is 1. The topological polar surface area (TPSA) is 94.7 Å². The Bertz CT molecular complexity index is 944. The number of anilines is 1. The Morgan fingerprint density at radius 2 is 1.96 bits per heavy atom. The van der Waals surface area contributed by atoms with Crippen molar-refractivity contribution in [2.75, 3.05) is 5.32 Å². The maximum Gasteiger partial charge on any atom is 0.298 e. The molecule has 0 radical (unpaired) electrons. The highest BCUT2D eigenvalue weighted by atomic mass is 19.1. The molecular weight excluding hydrogens is 303 g/mol. The lowest BCUT2D eigenvalue weighted by Gasteiger charge is -2.05. The van der Waals surface area contributed by atoms with Gasteiger partial charge >= 0.3 is 0 Å². The third-order valence-corrected chi connectivity index (χ3v) is 3.41. The maximum atomic E-state index is 12.8. The summed E-state index contributed by atoms with van der Waals surface area (Å²) < 4.78 is 15.3. The fraction of sp³-hybridized carbons (Fsp3) is 0.214. The number of halogens is 1. The predicted molar refractivity (Wildman–Crippen MR) is 80.3 cm³/mol. The van der Waals surface area contributed by atoms with Crippen LogP contribution in [0.5, 0.6) is 0 Å². The van der Waals surface area contributed by atoms with Crippen LogP contribution in [0.4, 0.5) is 10.1 Å². The Morgan fingerprint density at radius 3 is 2.65 bits per heavy atom. The number of amides is 1. The summed E-state index contributed by atoms with van der Waals surface area (Å²) in [5, 5.41) is 14.3. The van der Waals surface area contributed by atoms with Crippen LogP contribution in [0.1, 0.15) is 5.69 Å². The number of carbonyl (C=O) groups is 1. The van der Waals surface area contributed by atoms with E-state index in [2.05, 4.69) is 20.7 Å². The van der Waals surface area contributed by atoms with E-state index in [4.69, 9.17) is 0 Å². The second-order valence-electron chi connectivity index (χ2n) is 5.01. The van der Waals surface area contributed by atoms with Crippen LogP contribution in [0.3, 0.4) is 0 Å². The summed E-state index contributed by atoms with van der Waals surface area (Å²) in [5.74, 6) is -0.874. The lowest BCUT2D eigenvalue weighted by molar-refractivity contribution is -0.117. The van der Waals surface area contributed by atoms with Gasteiger partial charge in [-0.25, -0.2) is 4.39 Å². The minimum Gasteiger partial charge on any atom is -0.324 e. The zero-order valence-electron chi connectivity index (χ0n) is 12.4. The summed E-state index contributed by atoms with van der Waals surface area (Å²) in [6.07, 6.45) is 0. The van der Waals surface area contributed by atoms with Crippen LogP contribution in [-0.2, 0) is 18.4 Å². The number of fused-ring (bicyclic) bond motifs is 1. The number of nitrogens with one attached hydrogen (secondary N) is 1. The molecule has 8 nitrogen and oxygen atoms in total. The van der Waals surface area contributed by atoms with E-state index in [1.807, 2.05) is 0 Å². The Hall–Kier alpha value is -3.10. The molecule has 0 saturated heterocycles. The smallest absolute Gasteiger partial charge is 0.298 e. The maximum absolute atomic E-state index is 12.8. The molecule has 9 heteroatoms. The van der Waals surface area contributed by atoms with Crippen LogP contribution in [0.15, 0.2) is 29.1 Å². The van der Waals surface area contributed by atoms with Gasteiger partial charge in [-0.1, -0.05) is 5.21 Å². The van der Waals surface area contributed by atoms with E-state index in [0.717, 1.165) is 4.68 Å². The Balaban J connectivity index is 1.83. The molecule has 3 rings (SSSR count). The van der Waals surface area contributed by atoms with Crippen molar-refractivity contribution in [3.05, 3.63) is 46.1 Å². The molecule has 2 aromatic heterocycles. The van der Waals surface area contributed by atoms with Crippen molar-refractivity contribution in [2.24, 2.45) is 7.05 Å². The van der Waals surface area contributed by atoms with Gasteiger partial charge in [0, 0.05) is 12.7 Å². The molecule has 0 aliphatic rings. The summed E-state index contributed by atoms with van der Waals surface area (Å²) in [5.41, 5.74) is 1.22. The van der Waals surface area contributed by atoms with Gasteiger partial charge in [0.15, 0.2) is 5.52 Å². The van der Waals surface area contributed by atoms with Crippen molar-refractivity contribution in [3.63, 3.8) is 0 Å². The molecule has 118 valence electrons. The fourth-order valence-electron chi connectivity index (χ4n) is 2.10. The van der Waals surface area contributed by atoms with E-state index >= 15 is 0 Å². The van der Waals surface area contributed by atoms with Gasteiger partial charge in [0.25, 0.3) is 5.56 Å². The number of benzene rings is 1. The van der Waals surface area contributed by atoms with Crippen LogP contribution in [-0.4, -0.2) is 30.7 Å². The number of hydrogen-bond acceptors (Lipinski definition) is 5. The van der Waals surface area contributed by atoms with Crippen LogP contribution in [0.25, 0.3) is 11.0 Å². The Morgan fingerprint density at radius 1 is 1.26 bits per heavy atom. The van der Waals surface area contributed by atoms with E-state index in [1.54, 1.807) is 14.0 Å². The van der Waals surface area contributed by atoms with E-state index < -0.39 is 17.3 Å². The van der Waals surface area contributed by atoms with Crippen LogP contribution in [0, 0.1) is 12.7 Å². The van der Waals surface area contributed by atoms with Crippen molar-refractivity contribution in [2.45, 2.75) is 13.5 Å². The van der Waals surface area contributed by atoms with Crippen LogP contribution in [0.2, 0.25) is 0 Å². The molecule has 0 aliphatic heterocycles. The van der Waals surface area contributed by atoms with Gasteiger partial charge in [-0.15, -0.1) is 5.10 Å². The van der Waals surface area contributed by atoms with Gasteiger partial charge in [0.05, 0.1) is 5.69 Å². The predicted octanol–water partition coefficient (Wildman–Crippen LogP) is 0.611. The van der Waals surface area contributed by atoms with E-state index in [0.29, 0.717) is 16.9 Å². The van der Waals surface area contributed by atoms with E-state index in [-0.39, 0.29) is 12.1 Å². The zero-order chi connectivity index (χ0) is 16.6. The molecule has 1 aromatic carbocycles. The molecule has 0 atom stereocenters.